The van der Waals surface area contributed by atoms with Gasteiger partial charge in [0.25, 0.3) is 17.0 Å². The number of nitrogens with zero attached hydrogens (tertiary/aromatic N) is 1. The molecule has 3 rings (SSSR count). The molecule has 2 aromatic rings. The molecule has 1 heterocycles. The fourth-order valence-corrected chi connectivity index (χ4v) is 2.41. The molecule has 1 aliphatic rings. The van der Waals surface area contributed by atoms with E-state index >= 15 is 0 Å². The number of aromatic nitrogens is 2. The fourth-order valence-electron chi connectivity index (χ4n) is 2.41. The van der Waals surface area contributed by atoms with Crippen LogP contribution in [-0.4, -0.2) is 21.7 Å². The Kier molecular flexibility index (Phi) is 3.66. The van der Waals surface area contributed by atoms with Crippen LogP contribution in [0.2, 0.25) is 0 Å². The first-order valence-electron chi connectivity index (χ1n) is 7.28. The molecule has 1 amide bonds. The maximum absolute atomic E-state index is 12.3. The van der Waals surface area contributed by atoms with Crippen LogP contribution in [0.1, 0.15) is 30.1 Å². The lowest BCUT2D eigenvalue weighted by Gasteiger charge is -2.13. The molecule has 0 radical (unpaired) electrons. The van der Waals surface area contributed by atoms with E-state index in [1.165, 1.54) is 12.1 Å². The summed E-state index contributed by atoms with van der Waals surface area (Å²) < 4.78 is 1.13. The molecule has 0 saturated heterocycles. The average molecular weight is 299 g/mol. The number of H-pyrrole nitrogens is 1. The Morgan fingerprint density at radius 1 is 1.27 bits per heavy atom. The summed E-state index contributed by atoms with van der Waals surface area (Å²) in [4.78, 5) is 35.4. The monoisotopic (exact) mass is 299 g/mol. The fraction of sp³-hybridized carbons (Fsp3) is 0.312. The molecule has 1 unspecified atom stereocenters. The molecule has 2 N–H and O–H groups in total. The van der Waals surface area contributed by atoms with Crippen molar-refractivity contribution in [2.24, 2.45) is 5.92 Å². The Morgan fingerprint density at radius 2 is 2.05 bits per heavy atom. The first-order valence-corrected chi connectivity index (χ1v) is 7.28. The van der Waals surface area contributed by atoms with E-state index in [2.05, 4.69) is 10.4 Å². The Hall–Kier alpha value is -2.63. The van der Waals surface area contributed by atoms with Gasteiger partial charge in [-0.05, 0) is 43.9 Å². The average Bonchev–Trinajstić information content (AvgIpc) is 3.34. The third-order valence-electron chi connectivity index (χ3n) is 3.87. The van der Waals surface area contributed by atoms with Crippen molar-refractivity contribution in [2.45, 2.75) is 25.8 Å². The van der Waals surface area contributed by atoms with Gasteiger partial charge in [-0.3, -0.25) is 19.5 Å². The molecule has 1 aliphatic carbocycles. The SMILES string of the molecule is CC(NC(=O)c1cccc(-n2[nH]c(=O)ccc2=O)c1)C1CC1. The van der Waals surface area contributed by atoms with Crippen molar-refractivity contribution in [3.63, 3.8) is 0 Å². The van der Waals surface area contributed by atoms with Crippen LogP contribution in [0.15, 0.2) is 46.0 Å². The number of hydrogen-bond acceptors (Lipinski definition) is 3. The van der Waals surface area contributed by atoms with Crippen LogP contribution in [0.25, 0.3) is 5.69 Å². The minimum atomic E-state index is -0.378. The Labute approximate surface area is 126 Å². The lowest BCUT2D eigenvalue weighted by atomic mass is 10.1. The summed E-state index contributed by atoms with van der Waals surface area (Å²) in [6, 6.07) is 9.14. The van der Waals surface area contributed by atoms with Crippen molar-refractivity contribution < 1.29 is 4.79 Å². The Morgan fingerprint density at radius 3 is 2.77 bits per heavy atom. The van der Waals surface area contributed by atoms with Crippen LogP contribution in [-0.2, 0) is 0 Å². The molecule has 22 heavy (non-hydrogen) atoms. The molecular formula is C16H17N3O3. The highest BCUT2D eigenvalue weighted by Crippen LogP contribution is 2.32. The van der Waals surface area contributed by atoms with Crippen molar-refractivity contribution >= 4 is 5.91 Å². The van der Waals surface area contributed by atoms with Crippen LogP contribution in [0, 0.1) is 5.92 Å². The molecule has 6 heteroatoms. The van der Waals surface area contributed by atoms with E-state index < -0.39 is 0 Å². The molecule has 1 fully saturated rings. The second-order valence-electron chi connectivity index (χ2n) is 5.63. The number of carbonyl (C=O) groups is 1. The van der Waals surface area contributed by atoms with Gasteiger partial charge in [-0.2, -0.15) is 0 Å². The first kappa shape index (κ1) is 14.3. The van der Waals surface area contributed by atoms with Crippen molar-refractivity contribution in [3.05, 3.63) is 62.7 Å². The second-order valence-corrected chi connectivity index (χ2v) is 5.63. The topological polar surface area (TPSA) is 84.0 Å². The van der Waals surface area contributed by atoms with Gasteiger partial charge >= 0.3 is 0 Å². The molecule has 1 aromatic carbocycles. The summed E-state index contributed by atoms with van der Waals surface area (Å²) in [5, 5.41) is 5.41. The summed E-state index contributed by atoms with van der Waals surface area (Å²) in [5.74, 6) is 0.396. The van der Waals surface area contributed by atoms with Crippen molar-refractivity contribution in [2.75, 3.05) is 0 Å². The molecule has 114 valence electrons. The zero-order valence-corrected chi connectivity index (χ0v) is 12.2. The maximum atomic E-state index is 12.3. The van der Waals surface area contributed by atoms with Crippen LogP contribution >= 0.6 is 0 Å². The van der Waals surface area contributed by atoms with Crippen LogP contribution in [0.3, 0.4) is 0 Å². The normalized spacial score (nSPS) is 15.3. The van der Waals surface area contributed by atoms with Crippen LogP contribution in [0.4, 0.5) is 0 Å². The highest BCUT2D eigenvalue weighted by atomic mass is 16.2. The van der Waals surface area contributed by atoms with Gasteiger partial charge in [0.15, 0.2) is 0 Å². The third kappa shape index (κ3) is 3.00. The lowest BCUT2D eigenvalue weighted by Crippen LogP contribution is -2.34. The minimum absolute atomic E-state index is 0.149. The summed E-state index contributed by atoms with van der Waals surface area (Å²) in [5.41, 5.74) is 0.177. The van der Waals surface area contributed by atoms with Gasteiger partial charge in [0.2, 0.25) is 0 Å². The van der Waals surface area contributed by atoms with E-state index in [-0.39, 0.29) is 23.1 Å². The molecule has 1 aromatic heterocycles. The van der Waals surface area contributed by atoms with Gasteiger partial charge in [0.1, 0.15) is 0 Å². The van der Waals surface area contributed by atoms with E-state index in [1.54, 1.807) is 24.3 Å². The number of aromatic amines is 1. The van der Waals surface area contributed by atoms with Gasteiger partial charge in [-0.15, -0.1) is 0 Å². The van der Waals surface area contributed by atoms with Gasteiger partial charge in [-0.25, -0.2) is 4.68 Å². The van der Waals surface area contributed by atoms with Crippen molar-refractivity contribution in [1.29, 1.82) is 0 Å². The van der Waals surface area contributed by atoms with Crippen molar-refractivity contribution in [3.8, 4) is 5.69 Å². The molecule has 1 saturated carbocycles. The number of rotatable bonds is 4. The largest absolute Gasteiger partial charge is 0.349 e. The molecule has 0 aliphatic heterocycles. The molecule has 0 bridgehead atoms. The summed E-state index contributed by atoms with van der Waals surface area (Å²) in [6.07, 6.45) is 2.31. The number of carbonyl (C=O) groups excluding carboxylic acids is 1. The smallest absolute Gasteiger partial charge is 0.269 e. The lowest BCUT2D eigenvalue weighted by molar-refractivity contribution is 0.0936. The number of amides is 1. The van der Waals surface area contributed by atoms with E-state index in [0.29, 0.717) is 17.2 Å². The van der Waals surface area contributed by atoms with E-state index in [1.807, 2.05) is 6.92 Å². The van der Waals surface area contributed by atoms with Crippen molar-refractivity contribution in [1.82, 2.24) is 15.1 Å². The van der Waals surface area contributed by atoms with Crippen LogP contribution in [0.5, 0.6) is 0 Å². The Bertz CT molecular complexity index is 818. The maximum Gasteiger partial charge on any atom is 0.269 e. The number of hydrogen-bond donors (Lipinski definition) is 2. The number of nitrogens with one attached hydrogen (secondary N) is 2. The second kappa shape index (κ2) is 5.63. The highest BCUT2D eigenvalue weighted by Gasteiger charge is 2.29. The van der Waals surface area contributed by atoms with Gasteiger partial charge in [-0.1, -0.05) is 6.07 Å². The third-order valence-corrected chi connectivity index (χ3v) is 3.87. The molecular weight excluding hydrogens is 282 g/mol. The van der Waals surface area contributed by atoms with Gasteiger partial charge < -0.3 is 5.32 Å². The quantitative estimate of drug-likeness (QED) is 0.885. The zero-order valence-electron chi connectivity index (χ0n) is 12.2. The molecule has 6 nitrogen and oxygen atoms in total. The summed E-state index contributed by atoms with van der Waals surface area (Å²) in [7, 11) is 0. The Balaban J connectivity index is 1.88. The summed E-state index contributed by atoms with van der Waals surface area (Å²) >= 11 is 0. The standard InChI is InChI=1S/C16H17N3O3/c1-10(11-5-6-11)17-16(22)12-3-2-4-13(9-12)19-15(21)8-7-14(20)18-19/h2-4,7-11H,5-6H2,1H3,(H,17,22)(H,18,20). The zero-order chi connectivity index (χ0) is 15.7. The van der Waals surface area contributed by atoms with E-state index in [4.69, 9.17) is 0 Å². The first-order chi connectivity index (χ1) is 10.5. The predicted molar refractivity (Wildman–Crippen MR) is 82.3 cm³/mol. The van der Waals surface area contributed by atoms with Gasteiger partial charge in [0, 0.05) is 23.7 Å². The van der Waals surface area contributed by atoms with E-state index in [9.17, 15) is 14.4 Å². The van der Waals surface area contributed by atoms with E-state index in [0.717, 1.165) is 17.5 Å². The highest BCUT2D eigenvalue weighted by molar-refractivity contribution is 5.94. The number of benzene rings is 1. The summed E-state index contributed by atoms with van der Waals surface area (Å²) in [6.45, 7) is 2.00. The minimum Gasteiger partial charge on any atom is -0.349 e. The molecule has 0 spiro atoms. The molecule has 1 atom stereocenters. The van der Waals surface area contributed by atoms with Crippen LogP contribution < -0.4 is 16.4 Å². The van der Waals surface area contributed by atoms with Gasteiger partial charge in [0.05, 0.1) is 5.69 Å². The predicted octanol–water partition coefficient (Wildman–Crippen LogP) is 1.05.